The second-order valence-corrected chi connectivity index (χ2v) is 6.27. The molecule has 1 rings (SSSR count). The minimum atomic E-state index is -0.933. The lowest BCUT2D eigenvalue weighted by molar-refractivity contribution is -0.131. The summed E-state index contributed by atoms with van der Waals surface area (Å²) in [6.45, 7) is 10.2. The Bertz CT molecular complexity index is 455. The minimum absolute atomic E-state index is 0.0781. The number of allylic oxidation sites excluding steroid dienone is 4. The van der Waals surface area contributed by atoms with Crippen LogP contribution in [0.15, 0.2) is 35.5 Å². The van der Waals surface area contributed by atoms with Gasteiger partial charge in [-0.25, -0.2) is 4.79 Å². The molecule has 0 bridgehead atoms. The number of hydrogen-bond acceptors (Lipinski definition) is 2. The highest BCUT2D eigenvalue weighted by Crippen LogP contribution is 2.51. The Kier molecular flexibility index (Phi) is 4.41. The molecule has 0 aromatic carbocycles. The predicted molar refractivity (Wildman–Crippen MR) is 76.8 cm³/mol. The molecule has 1 aliphatic carbocycles. The summed E-state index contributed by atoms with van der Waals surface area (Å²) in [5, 5.41) is 18.6. The molecule has 0 saturated heterocycles. The molecule has 0 fully saturated rings. The van der Waals surface area contributed by atoms with Gasteiger partial charge >= 0.3 is 5.97 Å². The van der Waals surface area contributed by atoms with Crippen LogP contribution in [-0.4, -0.2) is 22.3 Å². The molecule has 2 atom stereocenters. The van der Waals surface area contributed by atoms with E-state index in [0.717, 1.165) is 5.57 Å². The van der Waals surface area contributed by atoms with Crippen LogP contribution in [0, 0.1) is 10.8 Å². The Hall–Kier alpha value is -1.35. The molecule has 0 heterocycles. The summed E-state index contributed by atoms with van der Waals surface area (Å²) in [6, 6.07) is 0. The van der Waals surface area contributed by atoms with Crippen LogP contribution in [0.4, 0.5) is 0 Å². The summed E-state index contributed by atoms with van der Waals surface area (Å²) in [5.74, 6) is -0.933. The fourth-order valence-corrected chi connectivity index (χ4v) is 2.69. The molecule has 106 valence electrons. The topological polar surface area (TPSA) is 57.5 Å². The van der Waals surface area contributed by atoms with Crippen LogP contribution in [0.5, 0.6) is 0 Å². The van der Waals surface area contributed by atoms with Crippen LogP contribution >= 0.6 is 0 Å². The van der Waals surface area contributed by atoms with Crippen molar-refractivity contribution in [3.05, 3.63) is 35.5 Å². The lowest BCUT2D eigenvalue weighted by Crippen LogP contribution is -2.41. The van der Waals surface area contributed by atoms with Crippen LogP contribution in [0.1, 0.15) is 41.0 Å². The van der Waals surface area contributed by atoms with Crippen molar-refractivity contribution in [3.8, 4) is 0 Å². The lowest BCUT2D eigenvalue weighted by Gasteiger charge is -2.47. The van der Waals surface area contributed by atoms with Gasteiger partial charge in [-0.15, -0.1) is 0 Å². The van der Waals surface area contributed by atoms with E-state index in [4.69, 9.17) is 5.11 Å². The second kappa shape index (κ2) is 5.33. The van der Waals surface area contributed by atoms with Crippen molar-refractivity contribution >= 4 is 5.97 Å². The second-order valence-electron chi connectivity index (χ2n) is 6.27. The van der Waals surface area contributed by atoms with Crippen LogP contribution in [0.3, 0.4) is 0 Å². The first-order valence-corrected chi connectivity index (χ1v) is 6.56. The zero-order valence-corrected chi connectivity index (χ0v) is 12.4. The molecule has 1 aliphatic rings. The fraction of sp³-hybridized carbons (Fsp3) is 0.562. The molecule has 0 unspecified atom stereocenters. The van der Waals surface area contributed by atoms with Crippen molar-refractivity contribution in [2.75, 3.05) is 0 Å². The maximum absolute atomic E-state index is 10.6. The normalized spacial score (nSPS) is 31.4. The average molecular weight is 264 g/mol. The van der Waals surface area contributed by atoms with E-state index >= 15 is 0 Å². The largest absolute Gasteiger partial charge is 0.478 e. The monoisotopic (exact) mass is 264 g/mol. The number of carboxylic acids is 1. The highest BCUT2D eigenvalue weighted by Gasteiger charge is 2.44. The van der Waals surface area contributed by atoms with E-state index in [1.165, 1.54) is 6.08 Å². The van der Waals surface area contributed by atoms with Crippen LogP contribution in [0.2, 0.25) is 0 Å². The van der Waals surface area contributed by atoms with E-state index in [9.17, 15) is 9.90 Å². The van der Waals surface area contributed by atoms with Crippen molar-refractivity contribution in [2.45, 2.75) is 47.1 Å². The number of carbonyl (C=O) groups is 1. The number of aliphatic carboxylic acids is 1. The third kappa shape index (κ3) is 3.35. The number of rotatable bonds is 3. The quantitative estimate of drug-likeness (QED) is 0.467. The van der Waals surface area contributed by atoms with E-state index in [1.54, 1.807) is 6.92 Å². The molecule has 0 amide bonds. The van der Waals surface area contributed by atoms with Gasteiger partial charge in [0.2, 0.25) is 0 Å². The fourth-order valence-electron chi connectivity index (χ4n) is 2.69. The molecule has 0 radical (unpaired) electrons. The third-order valence-electron chi connectivity index (χ3n) is 4.42. The molecular formula is C16H24O3. The van der Waals surface area contributed by atoms with Gasteiger partial charge in [0.25, 0.3) is 0 Å². The summed E-state index contributed by atoms with van der Waals surface area (Å²) in [7, 11) is 0. The van der Waals surface area contributed by atoms with E-state index in [2.05, 4.69) is 26.8 Å². The summed E-state index contributed by atoms with van der Waals surface area (Å²) >= 11 is 0. The van der Waals surface area contributed by atoms with Gasteiger partial charge in [0.1, 0.15) is 0 Å². The van der Waals surface area contributed by atoms with E-state index in [-0.39, 0.29) is 10.8 Å². The molecule has 0 aliphatic heterocycles. The van der Waals surface area contributed by atoms with E-state index < -0.39 is 12.1 Å². The number of hydrogen-bond donors (Lipinski definition) is 2. The van der Waals surface area contributed by atoms with Gasteiger partial charge in [0.15, 0.2) is 0 Å². The zero-order chi connectivity index (χ0) is 14.8. The smallest absolute Gasteiger partial charge is 0.328 e. The van der Waals surface area contributed by atoms with Crippen molar-refractivity contribution in [1.29, 1.82) is 0 Å². The van der Waals surface area contributed by atoms with Crippen LogP contribution in [0.25, 0.3) is 0 Å². The Balaban J connectivity index is 3.12. The maximum Gasteiger partial charge on any atom is 0.328 e. The highest BCUT2D eigenvalue weighted by atomic mass is 16.4. The molecular weight excluding hydrogens is 240 g/mol. The number of aliphatic hydroxyl groups is 1. The van der Waals surface area contributed by atoms with Gasteiger partial charge < -0.3 is 10.2 Å². The first kappa shape index (κ1) is 15.7. The maximum atomic E-state index is 10.6. The number of aliphatic hydroxyl groups excluding tert-OH is 1. The van der Waals surface area contributed by atoms with Crippen molar-refractivity contribution in [1.82, 2.24) is 0 Å². The van der Waals surface area contributed by atoms with Crippen LogP contribution in [-0.2, 0) is 4.79 Å². The molecule has 3 heteroatoms. The van der Waals surface area contributed by atoms with Gasteiger partial charge in [-0.3, -0.25) is 0 Å². The van der Waals surface area contributed by atoms with E-state index in [1.807, 2.05) is 19.1 Å². The summed E-state index contributed by atoms with van der Waals surface area (Å²) in [5.41, 5.74) is 1.57. The highest BCUT2D eigenvalue weighted by molar-refractivity contribution is 5.81. The lowest BCUT2D eigenvalue weighted by atomic mass is 9.57. The van der Waals surface area contributed by atoms with Crippen molar-refractivity contribution in [2.24, 2.45) is 10.8 Å². The van der Waals surface area contributed by atoms with Crippen LogP contribution < -0.4 is 0 Å². The minimum Gasteiger partial charge on any atom is -0.478 e. The predicted octanol–water partition coefficient (Wildman–Crippen LogP) is 3.32. The molecule has 0 saturated carbocycles. The number of carboxylic acid groups (broad SMARTS) is 1. The SMILES string of the molecule is CC1=C[C@@H](O)CC(C)(C)[C@@]1(C)/C=C/C(C)=C\C(=O)O. The third-order valence-corrected chi connectivity index (χ3v) is 4.42. The molecule has 19 heavy (non-hydrogen) atoms. The Morgan fingerprint density at radius 3 is 2.47 bits per heavy atom. The molecule has 2 N–H and O–H groups in total. The van der Waals surface area contributed by atoms with Gasteiger partial charge in [-0.05, 0) is 31.3 Å². The first-order valence-electron chi connectivity index (χ1n) is 6.56. The standard InChI is InChI=1S/C16H24O3/c1-11(8-14(18)19)6-7-16(5)12(2)9-13(17)10-15(16,3)4/h6-9,13,17H,10H2,1-5H3,(H,18,19)/b7-6+,11-8-/t13-,16+/m1/s1. The van der Waals surface area contributed by atoms with Crippen molar-refractivity contribution in [3.63, 3.8) is 0 Å². The van der Waals surface area contributed by atoms with E-state index in [0.29, 0.717) is 12.0 Å². The molecule has 0 aromatic rings. The Morgan fingerprint density at radius 1 is 1.42 bits per heavy atom. The van der Waals surface area contributed by atoms with Gasteiger partial charge in [-0.1, -0.05) is 44.6 Å². The summed E-state index contributed by atoms with van der Waals surface area (Å²) < 4.78 is 0. The Morgan fingerprint density at radius 2 is 2.00 bits per heavy atom. The Labute approximate surface area is 115 Å². The summed E-state index contributed by atoms with van der Waals surface area (Å²) in [4.78, 5) is 10.6. The molecule has 0 spiro atoms. The summed E-state index contributed by atoms with van der Waals surface area (Å²) in [6.07, 6.45) is 7.30. The first-order chi connectivity index (χ1) is 8.58. The molecule has 0 aromatic heterocycles. The van der Waals surface area contributed by atoms with Crippen molar-refractivity contribution < 1.29 is 15.0 Å². The molecule has 3 nitrogen and oxygen atoms in total. The van der Waals surface area contributed by atoms with Gasteiger partial charge in [-0.2, -0.15) is 0 Å². The van der Waals surface area contributed by atoms with Gasteiger partial charge in [0.05, 0.1) is 6.10 Å². The zero-order valence-electron chi connectivity index (χ0n) is 12.4. The van der Waals surface area contributed by atoms with Gasteiger partial charge in [0, 0.05) is 11.5 Å². The average Bonchev–Trinajstić information content (AvgIpc) is 2.21.